The summed E-state index contributed by atoms with van der Waals surface area (Å²) in [5.74, 6) is 0. The van der Waals surface area contributed by atoms with Crippen LogP contribution in [0.5, 0.6) is 0 Å². The highest BCUT2D eigenvalue weighted by Gasteiger charge is 2.08. The van der Waals surface area contributed by atoms with Crippen LogP contribution in [0.4, 0.5) is 0 Å². The molecule has 1 aromatic rings. The molecule has 0 amide bonds. The van der Waals surface area contributed by atoms with E-state index in [1.165, 1.54) is 0 Å². The molecule has 0 aliphatic rings. The van der Waals surface area contributed by atoms with Crippen LogP contribution in [0.3, 0.4) is 0 Å². The first-order chi connectivity index (χ1) is 6.75. The molecule has 0 aliphatic heterocycles. The van der Waals surface area contributed by atoms with E-state index < -0.39 is 0 Å². The molecule has 0 aromatic carbocycles. The molecule has 4 nitrogen and oxygen atoms in total. The molecule has 0 radical (unpaired) electrons. The Hall–Kier alpha value is -1.47. The van der Waals surface area contributed by atoms with Gasteiger partial charge in [0.15, 0.2) is 0 Å². The maximum Gasteiger partial charge on any atom is 0.0782 e. The fourth-order valence-corrected chi connectivity index (χ4v) is 1.28. The van der Waals surface area contributed by atoms with Gasteiger partial charge in [-0.3, -0.25) is 9.97 Å². The van der Waals surface area contributed by atoms with Crippen molar-refractivity contribution >= 4 is 0 Å². The maximum atomic E-state index is 8.39. The molecule has 1 rings (SSSR count). The minimum absolute atomic E-state index is 0.150. The predicted octanol–water partition coefficient (Wildman–Crippen LogP) is 1.35. The number of hydrogen-bond donors (Lipinski definition) is 1. The number of hydrogen-bond acceptors (Lipinski definition) is 4. The highest BCUT2D eigenvalue weighted by atomic mass is 14.9. The van der Waals surface area contributed by atoms with Crippen molar-refractivity contribution in [3.8, 4) is 6.07 Å². The molecule has 74 valence electrons. The second kappa shape index (κ2) is 5.30. The Morgan fingerprint density at radius 3 is 2.86 bits per heavy atom. The van der Waals surface area contributed by atoms with Crippen LogP contribution in [-0.4, -0.2) is 16.5 Å². The number of aryl methyl sites for hydroxylation is 1. The van der Waals surface area contributed by atoms with E-state index in [-0.39, 0.29) is 6.04 Å². The minimum atomic E-state index is 0.150. The van der Waals surface area contributed by atoms with Gasteiger partial charge < -0.3 is 5.32 Å². The molecule has 0 spiro atoms. The largest absolute Gasteiger partial charge is 0.308 e. The molecule has 0 saturated carbocycles. The Morgan fingerprint density at radius 1 is 1.50 bits per heavy atom. The predicted molar refractivity (Wildman–Crippen MR) is 53.4 cm³/mol. The van der Waals surface area contributed by atoms with E-state index in [0.717, 1.165) is 11.4 Å². The van der Waals surface area contributed by atoms with Gasteiger partial charge in [-0.15, -0.1) is 0 Å². The van der Waals surface area contributed by atoms with Gasteiger partial charge in [-0.05, 0) is 13.8 Å². The monoisotopic (exact) mass is 190 g/mol. The van der Waals surface area contributed by atoms with Crippen molar-refractivity contribution in [2.75, 3.05) is 6.54 Å². The summed E-state index contributed by atoms with van der Waals surface area (Å²) in [6, 6.07) is 2.24. The molecule has 14 heavy (non-hydrogen) atoms. The number of nitrogens with one attached hydrogen (secondary N) is 1. The van der Waals surface area contributed by atoms with E-state index in [9.17, 15) is 0 Å². The second-order valence-corrected chi connectivity index (χ2v) is 3.11. The Morgan fingerprint density at radius 2 is 2.21 bits per heavy atom. The van der Waals surface area contributed by atoms with E-state index in [4.69, 9.17) is 5.26 Å². The van der Waals surface area contributed by atoms with Gasteiger partial charge in [0.05, 0.1) is 17.5 Å². The molecule has 1 aromatic heterocycles. The van der Waals surface area contributed by atoms with Gasteiger partial charge in [0.25, 0.3) is 0 Å². The lowest BCUT2D eigenvalue weighted by atomic mass is 10.2. The molecular formula is C10H14N4. The number of aromatic nitrogens is 2. The van der Waals surface area contributed by atoms with Crippen LogP contribution in [0.25, 0.3) is 0 Å². The average molecular weight is 190 g/mol. The quantitative estimate of drug-likeness (QED) is 0.728. The summed E-state index contributed by atoms with van der Waals surface area (Å²) in [7, 11) is 0. The zero-order valence-corrected chi connectivity index (χ0v) is 8.49. The van der Waals surface area contributed by atoms with Gasteiger partial charge >= 0.3 is 0 Å². The first-order valence-electron chi connectivity index (χ1n) is 4.63. The van der Waals surface area contributed by atoms with Crippen LogP contribution < -0.4 is 5.32 Å². The molecular weight excluding hydrogens is 176 g/mol. The van der Waals surface area contributed by atoms with Crippen molar-refractivity contribution < 1.29 is 0 Å². The Balaban J connectivity index is 2.57. The second-order valence-electron chi connectivity index (χ2n) is 3.11. The van der Waals surface area contributed by atoms with Crippen LogP contribution in [0.2, 0.25) is 0 Å². The standard InChI is InChI=1S/C10H14N4/c1-8(12-5-3-4-11)10-9(2)13-6-7-14-10/h6-8,12H,3,5H2,1-2H3. The minimum Gasteiger partial charge on any atom is -0.308 e. The lowest BCUT2D eigenvalue weighted by molar-refractivity contribution is 0.563. The number of nitriles is 1. The van der Waals surface area contributed by atoms with Gasteiger partial charge in [0, 0.05) is 31.4 Å². The number of nitrogens with zero attached hydrogens (tertiary/aromatic N) is 3. The highest BCUT2D eigenvalue weighted by molar-refractivity contribution is 5.12. The van der Waals surface area contributed by atoms with E-state index >= 15 is 0 Å². The van der Waals surface area contributed by atoms with E-state index in [2.05, 4.69) is 21.4 Å². The van der Waals surface area contributed by atoms with Gasteiger partial charge in [-0.2, -0.15) is 5.26 Å². The van der Waals surface area contributed by atoms with Crippen LogP contribution in [-0.2, 0) is 0 Å². The smallest absolute Gasteiger partial charge is 0.0782 e. The molecule has 1 heterocycles. The van der Waals surface area contributed by atoms with Crippen LogP contribution in [0.1, 0.15) is 30.8 Å². The van der Waals surface area contributed by atoms with Crippen molar-refractivity contribution in [1.29, 1.82) is 5.26 Å². The fourth-order valence-electron chi connectivity index (χ4n) is 1.28. The zero-order chi connectivity index (χ0) is 10.4. The Bertz CT molecular complexity index is 329. The molecule has 0 fully saturated rings. The van der Waals surface area contributed by atoms with Crippen molar-refractivity contribution in [3.05, 3.63) is 23.8 Å². The maximum absolute atomic E-state index is 8.39. The first-order valence-corrected chi connectivity index (χ1v) is 4.63. The SMILES string of the molecule is Cc1nccnc1C(C)NCCC#N. The first kappa shape index (κ1) is 10.6. The van der Waals surface area contributed by atoms with Crippen molar-refractivity contribution in [2.24, 2.45) is 0 Å². The zero-order valence-electron chi connectivity index (χ0n) is 8.49. The summed E-state index contributed by atoms with van der Waals surface area (Å²) in [6.45, 7) is 4.65. The van der Waals surface area contributed by atoms with Crippen molar-refractivity contribution in [2.45, 2.75) is 26.3 Å². The third-order valence-corrected chi connectivity index (χ3v) is 2.02. The lowest BCUT2D eigenvalue weighted by Crippen LogP contribution is -2.21. The summed E-state index contributed by atoms with van der Waals surface area (Å²) in [5.41, 5.74) is 1.88. The lowest BCUT2D eigenvalue weighted by Gasteiger charge is -2.13. The molecule has 4 heteroatoms. The van der Waals surface area contributed by atoms with E-state index in [1.807, 2.05) is 13.8 Å². The van der Waals surface area contributed by atoms with Gasteiger partial charge in [-0.25, -0.2) is 0 Å². The molecule has 1 N–H and O–H groups in total. The normalized spacial score (nSPS) is 12.1. The van der Waals surface area contributed by atoms with Crippen molar-refractivity contribution in [1.82, 2.24) is 15.3 Å². The van der Waals surface area contributed by atoms with E-state index in [0.29, 0.717) is 13.0 Å². The molecule has 1 atom stereocenters. The van der Waals surface area contributed by atoms with Crippen molar-refractivity contribution in [3.63, 3.8) is 0 Å². The number of rotatable bonds is 4. The topological polar surface area (TPSA) is 61.6 Å². The van der Waals surface area contributed by atoms with Crippen LogP contribution in [0, 0.1) is 18.3 Å². The average Bonchev–Trinajstić information content (AvgIpc) is 2.18. The van der Waals surface area contributed by atoms with Crippen LogP contribution >= 0.6 is 0 Å². The summed E-state index contributed by atoms with van der Waals surface area (Å²) >= 11 is 0. The molecule has 0 bridgehead atoms. The van der Waals surface area contributed by atoms with Gasteiger partial charge in [0.2, 0.25) is 0 Å². The molecule has 0 saturated heterocycles. The fraction of sp³-hybridized carbons (Fsp3) is 0.500. The van der Waals surface area contributed by atoms with Gasteiger partial charge in [0.1, 0.15) is 0 Å². The van der Waals surface area contributed by atoms with Crippen LogP contribution in [0.15, 0.2) is 12.4 Å². The van der Waals surface area contributed by atoms with Gasteiger partial charge in [-0.1, -0.05) is 0 Å². The Labute approximate surface area is 84.0 Å². The summed E-state index contributed by atoms with van der Waals surface area (Å²) in [5, 5.41) is 11.6. The Kier molecular flexibility index (Phi) is 4.02. The third kappa shape index (κ3) is 2.79. The van der Waals surface area contributed by atoms with E-state index in [1.54, 1.807) is 12.4 Å². The summed E-state index contributed by atoms with van der Waals surface area (Å²) < 4.78 is 0. The third-order valence-electron chi connectivity index (χ3n) is 2.02. The molecule has 1 unspecified atom stereocenters. The highest BCUT2D eigenvalue weighted by Crippen LogP contribution is 2.10. The molecule has 0 aliphatic carbocycles. The summed E-state index contributed by atoms with van der Waals surface area (Å²) in [6.07, 6.45) is 3.88. The summed E-state index contributed by atoms with van der Waals surface area (Å²) in [4.78, 5) is 8.41.